The van der Waals surface area contributed by atoms with Crippen LogP contribution in [0.3, 0.4) is 0 Å². The number of rotatable bonds is 4. The third-order valence-corrected chi connectivity index (χ3v) is 46.6. The Bertz CT molecular complexity index is 196. The molecule has 92 valence electrons. The Hall–Kier alpha value is 2.32. The van der Waals surface area contributed by atoms with Crippen LogP contribution < -0.4 is 0 Å². The third kappa shape index (κ3) is 5.66. The van der Waals surface area contributed by atoms with Gasteiger partial charge in [0.15, 0.2) is 0 Å². The van der Waals surface area contributed by atoms with E-state index in [4.69, 9.17) is 0 Å². The van der Waals surface area contributed by atoms with Crippen LogP contribution in [-0.4, -0.2) is 67.7 Å². The van der Waals surface area contributed by atoms with E-state index in [9.17, 15) is 0 Å². The van der Waals surface area contributed by atoms with E-state index in [1.165, 1.54) is 0 Å². The molecule has 2 nitrogen and oxygen atoms in total. The zero-order chi connectivity index (χ0) is 12.7. The van der Waals surface area contributed by atoms with Crippen molar-refractivity contribution in [2.75, 3.05) is 7.05 Å². The first kappa shape index (κ1) is 17.3. The molecule has 0 aliphatic heterocycles. The predicted molar refractivity (Wildman–Crippen MR) is 79.6 cm³/mol. The molecule has 0 rings (SSSR count). The van der Waals surface area contributed by atoms with E-state index in [2.05, 4.69) is 56.2 Å². The second kappa shape index (κ2) is 5.53. The molecule has 5 heteroatoms. The molecule has 0 aromatic heterocycles. The predicted octanol–water partition coefficient (Wildman–Crippen LogP) is 3.64. The van der Waals surface area contributed by atoms with Gasteiger partial charge in [-0.3, -0.25) is 0 Å². The van der Waals surface area contributed by atoms with Crippen LogP contribution in [0.1, 0.15) is 0 Å². The number of hydrogen-bond acceptors (Lipinski definition) is 2. The minimum atomic E-state index is -1.94. The third-order valence-electron chi connectivity index (χ3n) is 2.54. The summed E-state index contributed by atoms with van der Waals surface area (Å²) in [5.74, 6) is 0. The first-order valence-electron chi connectivity index (χ1n) is 5.82. The molecule has 0 atom stereocenters. The van der Waals surface area contributed by atoms with Gasteiger partial charge in [-0.2, -0.15) is 0 Å². The Kier molecular flexibility index (Phi) is 6.38. The van der Waals surface area contributed by atoms with Crippen molar-refractivity contribution in [2.45, 2.75) is 44.5 Å². The minimum absolute atomic E-state index is 1.91. The maximum atomic E-state index is 2.97. The maximum absolute atomic E-state index is 2.97. The van der Waals surface area contributed by atoms with E-state index in [1.54, 1.807) is 0 Å². The van der Waals surface area contributed by atoms with Gasteiger partial charge >= 0.3 is 112 Å². The summed E-state index contributed by atoms with van der Waals surface area (Å²) in [6.07, 6.45) is 0. The molecule has 0 spiro atoms. The fraction of sp³-hybridized carbons (Fsp3) is 1.00. The standard InChI is InChI=1S/CH3N2.9CH3.3Sn/c1-3-2;;;;;;;;;;;;/h1H3;9*1H3;;;/q-1;;;;;;;;;;;;+1. The van der Waals surface area contributed by atoms with Gasteiger partial charge in [0, 0.05) is 0 Å². The number of hydrogen-bond donors (Lipinski definition) is 0. The average Bonchev–Trinajstić information content (AvgIpc) is 1.76. The summed E-state index contributed by atoms with van der Waals surface area (Å²) in [7, 11) is 2.38. The van der Waals surface area contributed by atoms with E-state index in [0.29, 0.717) is 0 Å². The molecule has 0 aliphatic carbocycles. The zero-order valence-electron chi connectivity index (χ0n) is 12.4. The molecular formula is C10H30N2Sn3. The summed E-state index contributed by atoms with van der Waals surface area (Å²) in [4.78, 5) is 22.9. The molecule has 0 fully saturated rings. The van der Waals surface area contributed by atoms with Crippen LogP contribution >= 0.6 is 0 Å². The van der Waals surface area contributed by atoms with Crippen LogP contribution in [0.25, 0.3) is 0 Å². The molecule has 0 aliphatic rings. The van der Waals surface area contributed by atoms with Crippen molar-refractivity contribution in [3.8, 4) is 0 Å². The molecule has 0 saturated carbocycles. The summed E-state index contributed by atoms with van der Waals surface area (Å²) in [5.41, 5.74) is 0. The molecule has 0 amide bonds. The quantitative estimate of drug-likeness (QED) is 0.402. The monoisotopic (exact) mass is 538 g/mol. The average molecular weight is 534 g/mol. The fourth-order valence-electron chi connectivity index (χ4n) is 2.21. The van der Waals surface area contributed by atoms with Crippen molar-refractivity contribution >= 4 is 56.0 Å². The van der Waals surface area contributed by atoms with E-state index < -0.39 is 56.0 Å². The van der Waals surface area contributed by atoms with Crippen molar-refractivity contribution < 1.29 is 0 Å². The summed E-state index contributed by atoms with van der Waals surface area (Å²) < 4.78 is 5.72. The molecule has 0 heterocycles. The second-order valence-electron chi connectivity index (χ2n) is 7.35. The molecule has 0 bridgehead atoms. The van der Waals surface area contributed by atoms with E-state index >= 15 is 0 Å². The SMILES string of the molecule is C[N]([N]([Sn]([CH3])([CH3])[CH3])[Sn]([CH3])([CH3])[CH3])[Sn]([CH3])([CH3])[CH3]. The Morgan fingerprint density at radius 3 is 0.867 bits per heavy atom. The summed E-state index contributed by atoms with van der Waals surface area (Å²) in [6.45, 7) is 0. The van der Waals surface area contributed by atoms with Gasteiger partial charge in [0.05, 0.1) is 0 Å². The zero-order valence-corrected chi connectivity index (χ0v) is 21.0. The van der Waals surface area contributed by atoms with Gasteiger partial charge in [-0.15, -0.1) is 0 Å². The summed E-state index contributed by atoms with van der Waals surface area (Å²) in [6, 6.07) is 0. The van der Waals surface area contributed by atoms with Gasteiger partial charge in [0.25, 0.3) is 0 Å². The van der Waals surface area contributed by atoms with E-state index in [1.807, 2.05) is 0 Å². The molecule has 0 aromatic carbocycles. The fourth-order valence-corrected chi connectivity index (χ4v) is 76.3. The van der Waals surface area contributed by atoms with Gasteiger partial charge in [-0.05, 0) is 0 Å². The molecule has 15 heavy (non-hydrogen) atoms. The molecule has 0 saturated heterocycles. The normalized spacial score (nSPS) is 15.2. The van der Waals surface area contributed by atoms with Crippen LogP contribution in [0.4, 0.5) is 0 Å². The molecule has 0 aromatic rings. The van der Waals surface area contributed by atoms with Crippen LogP contribution in [-0.2, 0) is 0 Å². The van der Waals surface area contributed by atoms with Crippen molar-refractivity contribution in [2.24, 2.45) is 0 Å². The van der Waals surface area contributed by atoms with Crippen LogP contribution in [0.2, 0.25) is 44.5 Å². The second-order valence-corrected chi connectivity index (χ2v) is 52.4. The van der Waals surface area contributed by atoms with Gasteiger partial charge in [-0.1, -0.05) is 0 Å². The number of nitrogens with zero attached hydrogens (tertiary/aromatic N) is 2. The summed E-state index contributed by atoms with van der Waals surface area (Å²) in [5, 5.41) is 0. The number of hydrazine groups is 1. The topological polar surface area (TPSA) is 6.48 Å². The Labute approximate surface area is 110 Å². The van der Waals surface area contributed by atoms with Crippen molar-refractivity contribution in [3.05, 3.63) is 0 Å². The first-order valence-corrected chi connectivity index (χ1v) is 35.3. The Morgan fingerprint density at radius 1 is 0.533 bits per heavy atom. The van der Waals surface area contributed by atoms with Gasteiger partial charge < -0.3 is 0 Å². The van der Waals surface area contributed by atoms with Gasteiger partial charge in [-0.25, -0.2) is 0 Å². The molecule has 0 N–H and O–H groups in total. The molecular weight excluding hydrogens is 504 g/mol. The van der Waals surface area contributed by atoms with Crippen LogP contribution in [0.5, 0.6) is 0 Å². The summed E-state index contributed by atoms with van der Waals surface area (Å²) >= 11 is -5.80. The van der Waals surface area contributed by atoms with Crippen LogP contribution in [0, 0.1) is 0 Å². The van der Waals surface area contributed by atoms with Crippen LogP contribution in [0.15, 0.2) is 0 Å². The molecule has 0 radical (unpaired) electrons. The molecule has 0 unspecified atom stereocenters. The van der Waals surface area contributed by atoms with Crippen molar-refractivity contribution in [3.63, 3.8) is 0 Å². The van der Waals surface area contributed by atoms with Gasteiger partial charge in [0.1, 0.15) is 0 Å². The van der Waals surface area contributed by atoms with Crippen molar-refractivity contribution in [1.29, 1.82) is 0 Å². The van der Waals surface area contributed by atoms with Crippen molar-refractivity contribution in [1.82, 2.24) is 4.68 Å². The Morgan fingerprint density at radius 2 is 0.800 bits per heavy atom. The first-order chi connectivity index (χ1) is 6.28. The van der Waals surface area contributed by atoms with E-state index in [-0.39, 0.29) is 0 Å². The van der Waals surface area contributed by atoms with Gasteiger partial charge in [0.2, 0.25) is 0 Å². The Balaban J connectivity index is 5.16. The van der Waals surface area contributed by atoms with E-state index in [0.717, 1.165) is 0 Å².